The summed E-state index contributed by atoms with van der Waals surface area (Å²) in [5.41, 5.74) is 5.12. The summed E-state index contributed by atoms with van der Waals surface area (Å²) in [6.45, 7) is 7.01. The van der Waals surface area contributed by atoms with E-state index in [2.05, 4.69) is 4.74 Å². The normalized spacial score (nSPS) is 15.1. The van der Waals surface area contributed by atoms with Crippen molar-refractivity contribution in [2.75, 3.05) is 7.11 Å². The Morgan fingerprint density at radius 2 is 1.81 bits per heavy atom. The number of ether oxygens (including phenoxy) is 2. The van der Waals surface area contributed by atoms with E-state index in [4.69, 9.17) is 10.5 Å². The van der Waals surface area contributed by atoms with Crippen LogP contribution in [0, 0.1) is 5.92 Å². The van der Waals surface area contributed by atoms with Gasteiger partial charge in [-0.15, -0.1) is 0 Å². The van der Waals surface area contributed by atoms with Gasteiger partial charge in [-0.25, -0.2) is 0 Å². The lowest BCUT2D eigenvalue weighted by Gasteiger charge is -2.24. The molecule has 0 aliphatic heterocycles. The Bertz CT molecular complexity index is 257. The first-order chi connectivity index (χ1) is 7.17. The largest absolute Gasteiger partial charge is 0.469 e. The molecular weight excluding hydrogens is 210 g/mol. The number of hydrogen-bond donors (Lipinski definition) is 1. The maximum absolute atomic E-state index is 11.6. The van der Waals surface area contributed by atoms with E-state index in [1.165, 1.54) is 7.11 Å². The molecule has 0 unspecified atom stereocenters. The lowest BCUT2D eigenvalue weighted by molar-refractivity contribution is -0.158. The highest BCUT2D eigenvalue weighted by Gasteiger charge is 2.27. The predicted octanol–water partition coefficient (Wildman–Crippen LogP) is 0.855. The standard InChI is InChI=1S/C11H21NO4/c1-7(6-8(13)15-5)9(12)10(14)16-11(2,3)4/h7,9H,6,12H2,1-5H3/t7-,9-/m1/s1. The summed E-state index contributed by atoms with van der Waals surface area (Å²) in [7, 11) is 1.30. The maximum Gasteiger partial charge on any atom is 0.323 e. The van der Waals surface area contributed by atoms with Crippen LogP contribution in [0.2, 0.25) is 0 Å². The minimum Gasteiger partial charge on any atom is -0.469 e. The average molecular weight is 231 g/mol. The van der Waals surface area contributed by atoms with Crippen LogP contribution in [0.3, 0.4) is 0 Å². The van der Waals surface area contributed by atoms with E-state index in [1.807, 2.05) is 0 Å². The Hall–Kier alpha value is -1.10. The molecule has 0 bridgehead atoms. The third kappa shape index (κ3) is 5.70. The second-order valence-electron chi connectivity index (χ2n) is 4.82. The van der Waals surface area contributed by atoms with E-state index in [0.29, 0.717) is 0 Å². The van der Waals surface area contributed by atoms with Crippen molar-refractivity contribution >= 4 is 11.9 Å². The molecule has 0 amide bonds. The highest BCUT2D eigenvalue weighted by Crippen LogP contribution is 2.13. The minimum atomic E-state index is -0.807. The molecule has 0 aromatic rings. The number of nitrogens with two attached hydrogens (primary N) is 1. The second-order valence-corrected chi connectivity index (χ2v) is 4.82. The molecule has 0 aromatic carbocycles. The summed E-state index contributed by atoms with van der Waals surface area (Å²) in [5.74, 6) is -1.18. The number of carbonyl (C=O) groups excluding carboxylic acids is 2. The topological polar surface area (TPSA) is 78.6 Å². The molecule has 0 aromatic heterocycles. The van der Waals surface area contributed by atoms with Crippen molar-refractivity contribution in [1.82, 2.24) is 0 Å². The van der Waals surface area contributed by atoms with Gasteiger partial charge in [-0.2, -0.15) is 0 Å². The van der Waals surface area contributed by atoms with Crippen molar-refractivity contribution in [2.45, 2.75) is 45.8 Å². The highest BCUT2D eigenvalue weighted by atomic mass is 16.6. The lowest BCUT2D eigenvalue weighted by Crippen LogP contribution is -2.42. The summed E-state index contributed by atoms with van der Waals surface area (Å²) in [4.78, 5) is 22.6. The summed E-state index contributed by atoms with van der Waals surface area (Å²) in [5, 5.41) is 0. The van der Waals surface area contributed by atoms with Crippen LogP contribution in [0.1, 0.15) is 34.1 Å². The molecule has 0 spiro atoms. The molecule has 5 heteroatoms. The third-order valence-corrected chi connectivity index (χ3v) is 2.01. The first-order valence-corrected chi connectivity index (χ1v) is 5.22. The summed E-state index contributed by atoms with van der Waals surface area (Å²) < 4.78 is 9.62. The Kier molecular flexibility index (Phi) is 5.44. The van der Waals surface area contributed by atoms with Gasteiger partial charge in [0.2, 0.25) is 0 Å². The molecule has 0 fully saturated rings. The van der Waals surface area contributed by atoms with Gasteiger partial charge in [0, 0.05) is 0 Å². The smallest absolute Gasteiger partial charge is 0.323 e. The summed E-state index contributed by atoms with van der Waals surface area (Å²) in [6.07, 6.45) is 0.108. The molecule has 0 radical (unpaired) electrons. The van der Waals surface area contributed by atoms with Crippen LogP contribution >= 0.6 is 0 Å². The monoisotopic (exact) mass is 231 g/mol. The molecule has 2 atom stereocenters. The number of hydrogen-bond acceptors (Lipinski definition) is 5. The predicted molar refractivity (Wildman–Crippen MR) is 59.6 cm³/mol. The van der Waals surface area contributed by atoms with Crippen molar-refractivity contribution in [3.8, 4) is 0 Å². The van der Waals surface area contributed by atoms with Gasteiger partial charge in [-0.3, -0.25) is 9.59 Å². The quantitative estimate of drug-likeness (QED) is 0.726. The molecule has 0 aliphatic rings. The molecule has 0 aliphatic carbocycles. The van der Waals surface area contributed by atoms with Gasteiger partial charge in [-0.05, 0) is 26.7 Å². The van der Waals surface area contributed by atoms with E-state index >= 15 is 0 Å². The van der Waals surface area contributed by atoms with E-state index in [9.17, 15) is 9.59 Å². The Labute approximate surface area is 96.3 Å². The molecule has 0 heterocycles. The molecule has 5 nitrogen and oxygen atoms in total. The van der Waals surface area contributed by atoms with Gasteiger partial charge in [-0.1, -0.05) is 6.92 Å². The Balaban J connectivity index is 4.27. The van der Waals surface area contributed by atoms with Gasteiger partial charge < -0.3 is 15.2 Å². The molecule has 0 saturated heterocycles. The molecule has 16 heavy (non-hydrogen) atoms. The van der Waals surface area contributed by atoms with Crippen LogP contribution in [0.5, 0.6) is 0 Å². The fraction of sp³-hybridized carbons (Fsp3) is 0.818. The van der Waals surface area contributed by atoms with E-state index in [-0.39, 0.29) is 18.3 Å². The van der Waals surface area contributed by atoms with E-state index < -0.39 is 17.6 Å². The van der Waals surface area contributed by atoms with Crippen molar-refractivity contribution in [2.24, 2.45) is 11.7 Å². The molecule has 94 valence electrons. The Morgan fingerprint density at radius 1 is 1.31 bits per heavy atom. The minimum absolute atomic E-state index is 0.108. The second kappa shape index (κ2) is 5.84. The van der Waals surface area contributed by atoms with Gasteiger partial charge >= 0.3 is 11.9 Å². The molecule has 2 N–H and O–H groups in total. The summed E-state index contributed by atoms with van der Waals surface area (Å²) in [6, 6.07) is -0.807. The first kappa shape index (κ1) is 14.9. The number of rotatable bonds is 4. The molecular formula is C11H21NO4. The summed E-state index contributed by atoms with van der Waals surface area (Å²) >= 11 is 0. The van der Waals surface area contributed by atoms with Crippen molar-refractivity contribution < 1.29 is 19.1 Å². The van der Waals surface area contributed by atoms with Crippen LogP contribution in [-0.4, -0.2) is 30.7 Å². The fourth-order valence-corrected chi connectivity index (χ4v) is 1.08. The van der Waals surface area contributed by atoms with Crippen LogP contribution in [0.4, 0.5) is 0 Å². The zero-order valence-corrected chi connectivity index (χ0v) is 10.6. The number of esters is 2. The Morgan fingerprint density at radius 3 is 2.19 bits per heavy atom. The van der Waals surface area contributed by atoms with Crippen LogP contribution in [0.15, 0.2) is 0 Å². The zero-order chi connectivity index (χ0) is 12.9. The lowest BCUT2D eigenvalue weighted by atomic mass is 9.99. The highest BCUT2D eigenvalue weighted by molar-refractivity contribution is 5.78. The van der Waals surface area contributed by atoms with Crippen molar-refractivity contribution in [3.05, 3.63) is 0 Å². The number of carbonyl (C=O) groups is 2. The van der Waals surface area contributed by atoms with Crippen LogP contribution < -0.4 is 5.73 Å². The SMILES string of the molecule is COC(=O)C[C@@H](C)[C@@H](N)C(=O)OC(C)(C)C. The number of methoxy groups -OCH3 is 1. The van der Waals surface area contributed by atoms with Crippen molar-refractivity contribution in [3.63, 3.8) is 0 Å². The van der Waals surface area contributed by atoms with Gasteiger partial charge in [0.1, 0.15) is 11.6 Å². The average Bonchev–Trinajstić information content (AvgIpc) is 2.13. The van der Waals surface area contributed by atoms with E-state index in [1.54, 1.807) is 27.7 Å². The molecule has 0 saturated carbocycles. The van der Waals surface area contributed by atoms with Gasteiger partial charge in [0.15, 0.2) is 0 Å². The van der Waals surface area contributed by atoms with Crippen molar-refractivity contribution in [1.29, 1.82) is 0 Å². The van der Waals surface area contributed by atoms with Gasteiger partial charge in [0.05, 0.1) is 13.5 Å². The first-order valence-electron chi connectivity index (χ1n) is 5.22. The van der Waals surface area contributed by atoms with Gasteiger partial charge in [0.25, 0.3) is 0 Å². The molecule has 0 rings (SSSR count). The van der Waals surface area contributed by atoms with E-state index in [0.717, 1.165) is 0 Å². The maximum atomic E-state index is 11.6. The fourth-order valence-electron chi connectivity index (χ4n) is 1.08. The van der Waals surface area contributed by atoms with Crippen LogP contribution in [0.25, 0.3) is 0 Å². The van der Waals surface area contributed by atoms with Crippen LogP contribution in [-0.2, 0) is 19.1 Å². The zero-order valence-electron chi connectivity index (χ0n) is 10.6. The third-order valence-electron chi connectivity index (χ3n) is 2.01.